The van der Waals surface area contributed by atoms with Gasteiger partial charge < -0.3 is 0 Å². The Morgan fingerprint density at radius 2 is 2.06 bits per heavy atom. The predicted molar refractivity (Wildman–Crippen MR) is 71.8 cm³/mol. The van der Waals surface area contributed by atoms with Crippen LogP contribution < -0.4 is 0 Å². The summed E-state index contributed by atoms with van der Waals surface area (Å²) in [5, 5.41) is 0.706. The molecular weight excluding hydrogens is 256 g/mol. The summed E-state index contributed by atoms with van der Waals surface area (Å²) in [7, 11) is -3.77. The van der Waals surface area contributed by atoms with E-state index in [4.69, 9.17) is 4.55 Å². The third-order valence-electron chi connectivity index (χ3n) is 4.03. The summed E-state index contributed by atoms with van der Waals surface area (Å²) >= 11 is 1.89. The molecule has 2 aliphatic carbocycles. The van der Waals surface area contributed by atoms with Gasteiger partial charge in [0.2, 0.25) is 0 Å². The number of allylic oxidation sites excluding steroid dienone is 1. The molecule has 0 saturated heterocycles. The summed E-state index contributed by atoms with van der Waals surface area (Å²) in [5.74, 6) is 3.08. The number of rotatable bonds is 6. The topological polar surface area (TPSA) is 54.4 Å². The van der Waals surface area contributed by atoms with E-state index in [1.54, 1.807) is 0 Å². The van der Waals surface area contributed by atoms with E-state index in [1.807, 2.05) is 11.8 Å². The Bertz CT molecular complexity index is 377. The van der Waals surface area contributed by atoms with Crippen molar-refractivity contribution in [1.29, 1.82) is 0 Å². The normalized spacial score (nSPS) is 36.3. The second-order valence-electron chi connectivity index (χ2n) is 5.18. The van der Waals surface area contributed by atoms with E-state index in [2.05, 4.69) is 12.7 Å². The fourth-order valence-electron chi connectivity index (χ4n) is 3.24. The molecule has 1 N–H and O–H groups in total. The average Bonchev–Trinajstić information content (AvgIpc) is 2.81. The monoisotopic (exact) mass is 276 g/mol. The van der Waals surface area contributed by atoms with Crippen molar-refractivity contribution in [3.8, 4) is 0 Å². The molecule has 2 rings (SSSR count). The second kappa shape index (κ2) is 5.33. The third-order valence-corrected chi connectivity index (χ3v) is 6.36. The number of thioether (sulfide) groups is 1. The maximum atomic E-state index is 10.6. The predicted octanol–water partition coefficient (Wildman–Crippen LogP) is 2.60. The van der Waals surface area contributed by atoms with Gasteiger partial charge >= 0.3 is 0 Å². The highest BCUT2D eigenvalue weighted by atomic mass is 32.2. The van der Waals surface area contributed by atoms with Crippen molar-refractivity contribution in [2.75, 3.05) is 11.5 Å². The second-order valence-corrected chi connectivity index (χ2v) is 8.09. The van der Waals surface area contributed by atoms with Crippen LogP contribution in [0.5, 0.6) is 0 Å². The van der Waals surface area contributed by atoms with Gasteiger partial charge in [-0.15, -0.1) is 6.58 Å². The van der Waals surface area contributed by atoms with Crippen LogP contribution in [0.1, 0.15) is 25.7 Å². The van der Waals surface area contributed by atoms with Crippen LogP contribution in [0.4, 0.5) is 0 Å². The smallest absolute Gasteiger partial charge is 0.264 e. The molecule has 0 amide bonds. The molecular formula is C12H20O3S2. The van der Waals surface area contributed by atoms with Crippen molar-refractivity contribution in [1.82, 2.24) is 0 Å². The van der Waals surface area contributed by atoms with E-state index in [-0.39, 0.29) is 5.75 Å². The van der Waals surface area contributed by atoms with E-state index >= 15 is 0 Å². The van der Waals surface area contributed by atoms with Crippen molar-refractivity contribution in [3.63, 3.8) is 0 Å². The zero-order valence-electron chi connectivity index (χ0n) is 9.92. The first-order chi connectivity index (χ1) is 7.99. The lowest BCUT2D eigenvalue weighted by Crippen LogP contribution is -2.19. The lowest BCUT2D eigenvalue weighted by atomic mass is 9.89. The quantitative estimate of drug-likeness (QED) is 0.460. The lowest BCUT2D eigenvalue weighted by Gasteiger charge is -2.25. The van der Waals surface area contributed by atoms with Gasteiger partial charge in [-0.1, -0.05) is 6.08 Å². The zero-order valence-corrected chi connectivity index (χ0v) is 11.5. The van der Waals surface area contributed by atoms with Gasteiger partial charge in [0.05, 0.1) is 5.75 Å². The summed E-state index contributed by atoms with van der Waals surface area (Å²) in [6, 6.07) is 0. The highest BCUT2D eigenvalue weighted by Gasteiger charge is 2.44. The Kier molecular flexibility index (Phi) is 4.21. The molecule has 2 fully saturated rings. The summed E-state index contributed by atoms with van der Waals surface area (Å²) in [6.45, 7) is 3.89. The van der Waals surface area contributed by atoms with Crippen molar-refractivity contribution in [2.24, 2.45) is 17.8 Å². The van der Waals surface area contributed by atoms with Crippen molar-refractivity contribution >= 4 is 21.9 Å². The van der Waals surface area contributed by atoms with Crippen LogP contribution in [0, 0.1) is 17.8 Å². The lowest BCUT2D eigenvalue weighted by molar-refractivity contribution is 0.403. The molecule has 3 nitrogen and oxygen atoms in total. The maximum absolute atomic E-state index is 10.6. The Morgan fingerprint density at radius 3 is 2.59 bits per heavy atom. The third kappa shape index (κ3) is 3.48. The van der Waals surface area contributed by atoms with Crippen LogP contribution in [-0.2, 0) is 10.1 Å². The molecule has 0 heterocycles. The molecule has 4 atom stereocenters. The Hall–Kier alpha value is -0.0000000000000000763. The zero-order chi connectivity index (χ0) is 12.5. The summed E-state index contributed by atoms with van der Waals surface area (Å²) in [6.07, 6.45) is 6.51. The van der Waals surface area contributed by atoms with Gasteiger partial charge in [0.1, 0.15) is 0 Å². The van der Waals surface area contributed by atoms with E-state index in [1.165, 1.54) is 19.3 Å². The van der Waals surface area contributed by atoms with E-state index < -0.39 is 10.1 Å². The molecule has 2 bridgehead atoms. The molecule has 0 aromatic heterocycles. The minimum Gasteiger partial charge on any atom is -0.286 e. The molecule has 0 aromatic carbocycles. The molecule has 5 heteroatoms. The largest absolute Gasteiger partial charge is 0.286 e. The first-order valence-corrected chi connectivity index (χ1v) is 8.84. The van der Waals surface area contributed by atoms with E-state index in [9.17, 15) is 8.42 Å². The van der Waals surface area contributed by atoms with Gasteiger partial charge in [-0.3, -0.25) is 4.55 Å². The van der Waals surface area contributed by atoms with Crippen LogP contribution in [0.15, 0.2) is 12.7 Å². The molecule has 2 aliphatic rings. The minimum absolute atomic E-state index is 0.101. The Labute approximate surface area is 108 Å². The highest BCUT2D eigenvalue weighted by Crippen LogP contribution is 2.52. The molecule has 98 valence electrons. The SMILES string of the molecule is C=C[C@H]1C[C@H]2C[C@@H]1C[C@H]2SCCCS(=O)(=O)O. The molecule has 0 radical (unpaired) electrons. The molecule has 17 heavy (non-hydrogen) atoms. The van der Waals surface area contributed by atoms with Crippen LogP contribution >= 0.6 is 11.8 Å². The standard InChI is InChI=1S/C12H20O3S2/c1-2-9-6-11-7-10(9)8-12(11)16-4-3-5-17(13,14)15/h2,9-12H,1,3-8H2,(H,13,14,15)/t9-,10+,11-,12+/m0/s1. The average molecular weight is 276 g/mol. The molecule has 0 unspecified atom stereocenters. The van der Waals surface area contributed by atoms with Gasteiger partial charge in [0, 0.05) is 5.25 Å². The van der Waals surface area contributed by atoms with Crippen LogP contribution in [0.2, 0.25) is 0 Å². The minimum atomic E-state index is -3.77. The van der Waals surface area contributed by atoms with Gasteiger partial charge in [0.25, 0.3) is 10.1 Å². The molecule has 0 aromatic rings. The maximum Gasteiger partial charge on any atom is 0.264 e. The summed E-state index contributed by atoms with van der Waals surface area (Å²) < 4.78 is 29.8. The van der Waals surface area contributed by atoms with Crippen LogP contribution in [-0.4, -0.2) is 29.7 Å². The Balaban J connectivity index is 1.68. The van der Waals surface area contributed by atoms with Crippen molar-refractivity contribution in [3.05, 3.63) is 12.7 Å². The fraction of sp³-hybridized carbons (Fsp3) is 0.833. The first-order valence-electron chi connectivity index (χ1n) is 6.19. The Morgan fingerprint density at radius 1 is 1.29 bits per heavy atom. The van der Waals surface area contributed by atoms with Crippen LogP contribution in [0.3, 0.4) is 0 Å². The summed E-state index contributed by atoms with van der Waals surface area (Å²) in [4.78, 5) is 0. The van der Waals surface area contributed by atoms with Crippen molar-refractivity contribution in [2.45, 2.75) is 30.9 Å². The number of fused-ring (bicyclic) bond motifs is 2. The van der Waals surface area contributed by atoms with E-state index in [0.29, 0.717) is 11.7 Å². The molecule has 0 aliphatic heterocycles. The highest BCUT2D eigenvalue weighted by molar-refractivity contribution is 7.99. The van der Waals surface area contributed by atoms with Gasteiger partial charge in [0.15, 0.2) is 0 Å². The van der Waals surface area contributed by atoms with Gasteiger partial charge in [-0.25, -0.2) is 0 Å². The van der Waals surface area contributed by atoms with Crippen molar-refractivity contribution < 1.29 is 13.0 Å². The number of hydrogen-bond acceptors (Lipinski definition) is 3. The fourth-order valence-corrected chi connectivity index (χ4v) is 5.42. The first kappa shape index (κ1) is 13.4. The summed E-state index contributed by atoms with van der Waals surface area (Å²) in [5.41, 5.74) is 0. The van der Waals surface area contributed by atoms with E-state index in [0.717, 1.165) is 23.5 Å². The van der Waals surface area contributed by atoms with Gasteiger partial charge in [-0.05, 0) is 49.2 Å². The molecule has 0 spiro atoms. The number of hydrogen-bond donors (Lipinski definition) is 1. The molecule has 2 saturated carbocycles. The van der Waals surface area contributed by atoms with Crippen LogP contribution in [0.25, 0.3) is 0 Å². The van der Waals surface area contributed by atoms with Gasteiger partial charge in [-0.2, -0.15) is 20.2 Å².